The topological polar surface area (TPSA) is 98.9 Å². The first-order valence-electron chi connectivity index (χ1n) is 6.74. The molecule has 2 unspecified atom stereocenters. The minimum atomic E-state index is -1.39. The van der Waals surface area contributed by atoms with E-state index in [0.717, 1.165) is 0 Å². The Morgan fingerprint density at radius 1 is 1.38 bits per heavy atom. The van der Waals surface area contributed by atoms with Gasteiger partial charge in [0.05, 0.1) is 10.5 Å². The first-order chi connectivity index (χ1) is 11.1. The number of nitro groups is 1. The van der Waals surface area contributed by atoms with Gasteiger partial charge in [-0.1, -0.05) is 5.16 Å². The summed E-state index contributed by atoms with van der Waals surface area (Å²) in [6.45, 7) is 3.04. The van der Waals surface area contributed by atoms with Gasteiger partial charge in [-0.15, -0.1) is 23.2 Å². The molecule has 0 aromatic heterocycles. The van der Waals surface area contributed by atoms with Crippen molar-refractivity contribution in [2.24, 2.45) is 5.16 Å². The summed E-state index contributed by atoms with van der Waals surface area (Å²) in [5.74, 6) is -1.18. The van der Waals surface area contributed by atoms with E-state index in [1.165, 1.54) is 37.3 Å². The van der Waals surface area contributed by atoms with Gasteiger partial charge >= 0.3 is 5.97 Å². The van der Waals surface area contributed by atoms with Gasteiger partial charge in [0.25, 0.3) is 5.69 Å². The number of allylic oxidation sites excluding steroid dienone is 2. The zero-order valence-corrected chi connectivity index (χ0v) is 14.2. The van der Waals surface area contributed by atoms with E-state index in [4.69, 9.17) is 28.0 Å². The van der Waals surface area contributed by atoms with Crippen LogP contribution in [-0.4, -0.2) is 32.6 Å². The number of ketones is 1. The monoisotopic (exact) mass is 370 g/mol. The van der Waals surface area contributed by atoms with E-state index in [0.29, 0.717) is 5.57 Å². The van der Waals surface area contributed by atoms with Crippen LogP contribution in [0.2, 0.25) is 0 Å². The van der Waals surface area contributed by atoms with Gasteiger partial charge < -0.3 is 4.84 Å². The van der Waals surface area contributed by atoms with Crippen molar-refractivity contribution in [1.82, 2.24) is 0 Å². The lowest BCUT2D eigenvalue weighted by atomic mass is 9.87. The zero-order chi connectivity index (χ0) is 18.1. The number of alkyl halides is 2. The van der Waals surface area contributed by atoms with E-state index >= 15 is 0 Å². The van der Waals surface area contributed by atoms with E-state index in [-0.39, 0.29) is 22.7 Å². The molecule has 0 amide bonds. The molecule has 1 aromatic carbocycles. The first kappa shape index (κ1) is 18.1. The van der Waals surface area contributed by atoms with E-state index in [2.05, 4.69) is 5.16 Å². The first-order valence-corrected chi connectivity index (χ1v) is 7.55. The summed E-state index contributed by atoms with van der Waals surface area (Å²) in [4.78, 5) is 37.2. The third-order valence-corrected chi connectivity index (χ3v) is 4.65. The summed E-state index contributed by atoms with van der Waals surface area (Å²) in [5, 5.41) is 13.3. The molecule has 126 valence electrons. The molecule has 0 fully saturated rings. The summed E-state index contributed by atoms with van der Waals surface area (Å²) < 4.78 is 0. The van der Waals surface area contributed by atoms with Crippen molar-refractivity contribution < 1.29 is 19.3 Å². The summed E-state index contributed by atoms with van der Waals surface area (Å²) in [7, 11) is 0. The highest BCUT2D eigenvalue weighted by atomic mass is 35.5. The molecule has 0 bridgehead atoms. The lowest BCUT2D eigenvalue weighted by Gasteiger charge is -2.29. The molecule has 0 aliphatic heterocycles. The van der Waals surface area contributed by atoms with Crippen LogP contribution in [0.3, 0.4) is 0 Å². The van der Waals surface area contributed by atoms with Crippen LogP contribution in [0, 0.1) is 10.1 Å². The summed E-state index contributed by atoms with van der Waals surface area (Å²) >= 11 is 12.3. The SMILES string of the molecule is CC1=CC(=O)C(C)(Cl)C(Cl)/C1=N\OC(=O)c1ccc([N+](=O)[O-])cc1. The Labute approximate surface area is 147 Å². The summed E-state index contributed by atoms with van der Waals surface area (Å²) in [6, 6.07) is 4.85. The number of benzene rings is 1. The average molecular weight is 371 g/mol. The molecule has 0 saturated carbocycles. The Balaban J connectivity index is 2.20. The van der Waals surface area contributed by atoms with Gasteiger partial charge in [-0.3, -0.25) is 14.9 Å². The third-order valence-electron chi connectivity index (χ3n) is 3.49. The Kier molecular flexibility index (Phi) is 5.05. The number of halogens is 2. The Morgan fingerprint density at radius 2 is 1.96 bits per heavy atom. The number of hydrogen-bond acceptors (Lipinski definition) is 6. The van der Waals surface area contributed by atoms with Crippen molar-refractivity contribution in [2.45, 2.75) is 24.1 Å². The average Bonchev–Trinajstić information content (AvgIpc) is 2.53. The van der Waals surface area contributed by atoms with Gasteiger partial charge in [-0.2, -0.15) is 0 Å². The number of carbonyl (C=O) groups is 2. The molecule has 1 aliphatic carbocycles. The van der Waals surface area contributed by atoms with Gasteiger partial charge in [0.1, 0.15) is 16.0 Å². The van der Waals surface area contributed by atoms with Crippen molar-refractivity contribution in [3.05, 3.63) is 51.6 Å². The lowest BCUT2D eigenvalue weighted by Crippen LogP contribution is -2.46. The number of carbonyl (C=O) groups excluding carboxylic acids is 2. The minimum Gasteiger partial charge on any atom is -0.312 e. The largest absolute Gasteiger partial charge is 0.365 e. The fourth-order valence-corrected chi connectivity index (χ4v) is 2.45. The van der Waals surface area contributed by atoms with Crippen LogP contribution >= 0.6 is 23.2 Å². The van der Waals surface area contributed by atoms with Gasteiger partial charge in [0.2, 0.25) is 0 Å². The highest BCUT2D eigenvalue weighted by Crippen LogP contribution is 2.33. The van der Waals surface area contributed by atoms with Crippen LogP contribution in [0.25, 0.3) is 0 Å². The van der Waals surface area contributed by atoms with Gasteiger partial charge in [0, 0.05) is 12.1 Å². The van der Waals surface area contributed by atoms with Crippen LogP contribution in [0.4, 0.5) is 5.69 Å². The van der Waals surface area contributed by atoms with Crippen LogP contribution in [-0.2, 0) is 9.63 Å². The fraction of sp³-hybridized carbons (Fsp3) is 0.267. The minimum absolute atomic E-state index is 0.0817. The second kappa shape index (κ2) is 6.70. The molecule has 9 heteroatoms. The molecular formula is C15H12Cl2N2O5. The standard InChI is InChI=1S/C15H12Cl2N2O5/c1-8-7-11(20)15(2,17)13(16)12(8)18-24-14(21)9-3-5-10(6-4-9)19(22)23/h3-7,13H,1-2H3/b18-12-. The van der Waals surface area contributed by atoms with E-state index in [1.807, 2.05) is 0 Å². The highest BCUT2D eigenvalue weighted by molar-refractivity contribution is 6.50. The molecule has 0 saturated heterocycles. The fourth-order valence-electron chi connectivity index (χ4n) is 1.97. The maximum Gasteiger partial charge on any atom is 0.365 e. The van der Waals surface area contributed by atoms with Gasteiger partial charge in [-0.25, -0.2) is 4.79 Å². The second-order valence-corrected chi connectivity index (χ2v) is 6.51. The zero-order valence-electron chi connectivity index (χ0n) is 12.7. The van der Waals surface area contributed by atoms with Crippen molar-refractivity contribution in [2.75, 3.05) is 0 Å². The number of nitrogens with zero attached hydrogens (tertiary/aromatic N) is 2. The maximum atomic E-state index is 11.9. The van der Waals surface area contributed by atoms with E-state index in [9.17, 15) is 19.7 Å². The van der Waals surface area contributed by atoms with Gasteiger partial charge in [0.15, 0.2) is 5.78 Å². The molecule has 24 heavy (non-hydrogen) atoms. The van der Waals surface area contributed by atoms with Crippen molar-refractivity contribution >= 4 is 46.4 Å². The molecule has 2 atom stereocenters. The quantitative estimate of drug-likeness (QED) is 0.352. The summed E-state index contributed by atoms with van der Waals surface area (Å²) in [6.07, 6.45) is 1.28. The Hall–Kier alpha value is -2.25. The smallest absolute Gasteiger partial charge is 0.312 e. The summed E-state index contributed by atoms with van der Waals surface area (Å²) in [5.41, 5.74) is 0.540. The molecule has 2 rings (SSSR count). The van der Waals surface area contributed by atoms with Crippen LogP contribution in [0.15, 0.2) is 41.1 Å². The maximum absolute atomic E-state index is 11.9. The molecule has 1 aromatic rings. The normalized spacial score (nSPS) is 25.3. The van der Waals surface area contributed by atoms with E-state index < -0.39 is 21.1 Å². The third kappa shape index (κ3) is 3.47. The Bertz CT molecular complexity index is 769. The van der Waals surface area contributed by atoms with Crippen LogP contribution in [0.1, 0.15) is 24.2 Å². The number of non-ortho nitro benzene ring substituents is 1. The van der Waals surface area contributed by atoms with Crippen molar-refractivity contribution in [3.63, 3.8) is 0 Å². The second-order valence-electron chi connectivity index (χ2n) is 5.29. The number of rotatable bonds is 3. The highest BCUT2D eigenvalue weighted by Gasteiger charge is 2.44. The predicted molar refractivity (Wildman–Crippen MR) is 88.6 cm³/mol. The number of nitro benzene ring substituents is 1. The van der Waals surface area contributed by atoms with Crippen LogP contribution in [0.5, 0.6) is 0 Å². The molecule has 0 radical (unpaired) electrons. The van der Waals surface area contributed by atoms with Crippen LogP contribution < -0.4 is 0 Å². The number of oxime groups is 1. The lowest BCUT2D eigenvalue weighted by molar-refractivity contribution is -0.384. The van der Waals surface area contributed by atoms with Crippen molar-refractivity contribution in [3.8, 4) is 0 Å². The molecule has 7 nitrogen and oxygen atoms in total. The molecular weight excluding hydrogens is 359 g/mol. The van der Waals surface area contributed by atoms with Crippen molar-refractivity contribution in [1.29, 1.82) is 0 Å². The van der Waals surface area contributed by atoms with E-state index in [1.54, 1.807) is 6.92 Å². The Morgan fingerprint density at radius 3 is 2.50 bits per heavy atom. The molecule has 0 spiro atoms. The number of hydrogen-bond donors (Lipinski definition) is 0. The predicted octanol–water partition coefficient (Wildman–Crippen LogP) is 3.24. The molecule has 0 heterocycles. The molecule has 0 N–H and O–H groups in total. The van der Waals surface area contributed by atoms with Gasteiger partial charge in [-0.05, 0) is 37.6 Å². The molecule has 1 aliphatic rings.